The van der Waals surface area contributed by atoms with Crippen LogP contribution >= 0.6 is 0 Å². The van der Waals surface area contributed by atoms with Gasteiger partial charge in [0.25, 0.3) is 0 Å². The van der Waals surface area contributed by atoms with Crippen molar-refractivity contribution in [1.29, 1.82) is 0 Å². The molecule has 0 saturated heterocycles. The van der Waals surface area contributed by atoms with Crippen LogP contribution in [-0.4, -0.2) is 47.7 Å². The summed E-state index contributed by atoms with van der Waals surface area (Å²) in [5.41, 5.74) is -0.747. The Morgan fingerprint density at radius 3 is 2.21 bits per heavy atom. The highest BCUT2D eigenvalue weighted by Gasteiger charge is 2.35. The van der Waals surface area contributed by atoms with E-state index in [1.807, 2.05) is 13.8 Å². The number of hydrogen-bond acceptors (Lipinski definition) is 3. The average molecular weight is 272 g/mol. The number of carboxylic acids is 1. The van der Waals surface area contributed by atoms with E-state index in [0.29, 0.717) is 25.4 Å². The predicted octanol–water partition coefficient (Wildman–Crippen LogP) is 2.73. The maximum Gasteiger partial charge on any atom is 0.323 e. The third-order valence-corrected chi connectivity index (χ3v) is 4.21. The summed E-state index contributed by atoms with van der Waals surface area (Å²) in [6.07, 6.45) is 4.54. The normalized spacial score (nSPS) is 14.9. The zero-order valence-corrected chi connectivity index (χ0v) is 13.3. The molecule has 0 fully saturated rings. The lowest BCUT2D eigenvalue weighted by atomic mass is 9.90. The van der Waals surface area contributed by atoms with Gasteiger partial charge < -0.3 is 15.3 Å². The molecular weight excluding hydrogens is 240 g/mol. The second-order valence-corrected chi connectivity index (χ2v) is 5.33. The molecule has 2 N–H and O–H groups in total. The molecule has 0 aromatic heterocycles. The van der Waals surface area contributed by atoms with Crippen molar-refractivity contribution in [1.82, 2.24) is 10.2 Å². The topological polar surface area (TPSA) is 52.6 Å². The van der Waals surface area contributed by atoms with Crippen LogP contribution in [0.3, 0.4) is 0 Å². The number of hydrogen-bond donors (Lipinski definition) is 2. The van der Waals surface area contributed by atoms with E-state index >= 15 is 0 Å². The molecule has 114 valence electrons. The van der Waals surface area contributed by atoms with Crippen LogP contribution in [0.4, 0.5) is 0 Å². The van der Waals surface area contributed by atoms with Gasteiger partial charge in [0.1, 0.15) is 5.54 Å². The van der Waals surface area contributed by atoms with Crippen LogP contribution in [0, 0.1) is 0 Å². The fourth-order valence-corrected chi connectivity index (χ4v) is 2.79. The Morgan fingerprint density at radius 2 is 1.84 bits per heavy atom. The van der Waals surface area contributed by atoms with Crippen LogP contribution in [0.2, 0.25) is 0 Å². The minimum Gasteiger partial charge on any atom is -0.480 e. The summed E-state index contributed by atoms with van der Waals surface area (Å²) in [5.74, 6) is -0.720. The Bertz CT molecular complexity index is 255. The van der Waals surface area contributed by atoms with Gasteiger partial charge >= 0.3 is 5.97 Å². The maximum atomic E-state index is 11.5. The summed E-state index contributed by atoms with van der Waals surface area (Å²) < 4.78 is 0. The number of rotatable bonds is 11. The molecule has 0 radical (unpaired) electrons. The SMILES string of the molecule is CCNC(CC)(CCCN(C)C(CC)CC)C(=O)O. The Balaban J connectivity index is 4.37. The van der Waals surface area contributed by atoms with Gasteiger partial charge in [-0.05, 0) is 52.2 Å². The van der Waals surface area contributed by atoms with Gasteiger partial charge in [-0.25, -0.2) is 0 Å². The van der Waals surface area contributed by atoms with E-state index in [9.17, 15) is 9.90 Å². The van der Waals surface area contributed by atoms with Crippen LogP contribution in [0.15, 0.2) is 0 Å². The van der Waals surface area contributed by atoms with Crippen LogP contribution in [0.1, 0.15) is 59.8 Å². The summed E-state index contributed by atoms with van der Waals surface area (Å²) in [6, 6.07) is 0.611. The number of aliphatic carboxylic acids is 1. The summed E-state index contributed by atoms with van der Waals surface area (Å²) in [6.45, 7) is 9.98. The zero-order valence-electron chi connectivity index (χ0n) is 13.3. The average Bonchev–Trinajstić information content (AvgIpc) is 2.38. The molecule has 0 bridgehead atoms. The van der Waals surface area contributed by atoms with Crippen molar-refractivity contribution in [3.63, 3.8) is 0 Å². The van der Waals surface area contributed by atoms with Crippen molar-refractivity contribution in [2.75, 3.05) is 20.1 Å². The van der Waals surface area contributed by atoms with Crippen molar-refractivity contribution < 1.29 is 9.90 Å². The van der Waals surface area contributed by atoms with Crippen LogP contribution in [0.25, 0.3) is 0 Å². The third-order valence-electron chi connectivity index (χ3n) is 4.21. The third kappa shape index (κ3) is 5.49. The number of carbonyl (C=O) groups is 1. The molecule has 0 spiro atoms. The Kier molecular flexibility index (Phi) is 9.02. The quantitative estimate of drug-likeness (QED) is 0.607. The smallest absolute Gasteiger partial charge is 0.323 e. The molecule has 0 aliphatic heterocycles. The van der Waals surface area contributed by atoms with Crippen molar-refractivity contribution >= 4 is 5.97 Å². The molecule has 4 heteroatoms. The molecule has 19 heavy (non-hydrogen) atoms. The lowest BCUT2D eigenvalue weighted by molar-refractivity contribution is -0.145. The molecule has 0 aliphatic carbocycles. The molecule has 0 saturated carbocycles. The number of nitrogens with one attached hydrogen (secondary N) is 1. The van der Waals surface area contributed by atoms with Gasteiger partial charge in [-0.3, -0.25) is 4.79 Å². The van der Waals surface area contributed by atoms with Gasteiger partial charge in [0.2, 0.25) is 0 Å². The number of likely N-dealkylation sites (N-methyl/N-ethyl adjacent to an activating group) is 1. The fourth-order valence-electron chi connectivity index (χ4n) is 2.79. The Hall–Kier alpha value is -0.610. The monoisotopic (exact) mass is 272 g/mol. The van der Waals surface area contributed by atoms with Crippen molar-refractivity contribution in [3.8, 4) is 0 Å². The largest absolute Gasteiger partial charge is 0.480 e. The van der Waals surface area contributed by atoms with E-state index in [1.54, 1.807) is 0 Å². The molecule has 0 amide bonds. The van der Waals surface area contributed by atoms with Crippen LogP contribution < -0.4 is 5.32 Å². The molecule has 0 rings (SSSR count). The highest BCUT2D eigenvalue weighted by molar-refractivity contribution is 5.78. The number of nitrogens with zero attached hydrogens (tertiary/aromatic N) is 1. The fraction of sp³-hybridized carbons (Fsp3) is 0.933. The minimum absolute atomic E-state index is 0.611. The molecular formula is C15H32N2O2. The molecule has 4 nitrogen and oxygen atoms in total. The highest BCUT2D eigenvalue weighted by Crippen LogP contribution is 2.19. The number of carboxylic acid groups (broad SMARTS) is 1. The molecule has 0 aromatic carbocycles. The van der Waals surface area contributed by atoms with E-state index < -0.39 is 11.5 Å². The van der Waals surface area contributed by atoms with E-state index in [-0.39, 0.29) is 0 Å². The van der Waals surface area contributed by atoms with Crippen molar-refractivity contribution in [3.05, 3.63) is 0 Å². The molecule has 1 unspecified atom stereocenters. The lowest BCUT2D eigenvalue weighted by Crippen LogP contribution is -2.52. The van der Waals surface area contributed by atoms with Gasteiger partial charge in [-0.1, -0.05) is 27.7 Å². The standard InChI is InChI=1S/C15H32N2O2/c1-6-13(7-2)17(5)12-10-11-15(8-3,14(18)19)16-9-4/h13,16H,6-12H2,1-5H3,(H,18,19). The first-order chi connectivity index (χ1) is 8.97. The second kappa shape index (κ2) is 9.32. The first-order valence-corrected chi connectivity index (χ1v) is 7.65. The summed E-state index contributed by atoms with van der Waals surface area (Å²) in [7, 11) is 2.14. The van der Waals surface area contributed by atoms with Crippen molar-refractivity contribution in [2.45, 2.75) is 71.4 Å². The van der Waals surface area contributed by atoms with Gasteiger partial charge in [-0.15, -0.1) is 0 Å². The first kappa shape index (κ1) is 18.4. The Morgan fingerprint density at radius 1 is 1.26 bits per heavy atom. The van der Waals surface area contributed by atoms with Crippen molar-refractivity contribution in [2.24, 2.45) is 0 Å². The second-order valence-electron chi connectivity index (χ2n) is 5.33. The lowest BCUT2D eigenvalue weighted by Gasteiger charge is -2.31. The summed E-state index contributed by atoms with van der Waals surface area (Å²) >= 11 is 0. The Labute approximate surface area is 118 Å². The first-order valence-electron chi connectivity index (χ1n) is 7.65. The summed E-state index contributed by atoms with van der Waals surface area (Å²) in [5, 5.41) is 12.6. The minimum atomic E-state index is -0.747. The van der Waals surface area contributed by atoms with E-state index in [0.717, 1.165) is 25.8 Å². The van der Waals surface area contributed by atoms with E-state index in [4.69, 9.17) is 0 Å². The van der Waals surface area contributed by atoms with E-state index in [1.165, 1.54) is 0 Å². The van der Waals surface area contributed by atoms with Gasteiger partial charge in [0, 0.05) is 6.04 Å². The molecule has 0 heterocycles. The van der Waals surface area contributed by atoms with E-state index in [2.05, 4.69) is 31.1 Å². The summed E-state index contributed by atoms with van der Waals surface area (Å²) in [4.78, 5) is 13.8. The van der Waals surface area contributed by atoms with Crippen LogP contribution in [-0.2, 0) is 4.79 Å². The van der Waals surface area contributed by atoms with Crippen LogP contribution in [0.5, 0.6) is 0 Å². The molecule has 0 aliphatic rings. The molecule has 0 aromatic rings. The highest BCUT2D eigenvalue weighted by atomic mass is 16.4. The predicted molar refractivity (Wildman–Crippen MR) is 80.6 cm³/mol. The molecule has 1 atom stereocenters. The van der Waals surface area contributed by atoms with Gasteiger partial charge in [0.05, 0.1) is 0 Å². The van der Waals surface area contributed by atoms with Gasteiger partial charge in [-0.2, -0.15) is 0 Å². The zero-order chi connectivity index (χ0) is 14.9. The maximum absolute atomic E-state index is 11.5. The van der Waals surface area contributed by atoms with Gasteiger partial charge in [0.15, 0.2) is 0 Å².